The van der Waals surface area contributed by atoms with E-state index >= 15 is 0 Å². The van der Waals surface area contributed by atoms with Gasteiger partial charge in [0, 0.05) is 18.1 Å². The molecule has 3 rings (SSSR count). The molecule has 0 atom stereocenters. The lowest BCUT2D eigenvalue weighted by Gasteiger charge is -2.05. The van der Waals surface area contributed by atoms with Crippen LogP contribution in [0.1, 0.15) is 12.7 Å². The van der Waals surface area contributed by atoms with Gasteiger partial charge < -0.3 is 4.42 Å². The largest absolute Gasteiger partial charge is 0.460 e. The van der Waals surface area contributed by atoms with Gasteiger partial charge in [-0.2, -0.15) is 0 Å². The molecule has 1 aromatic heterocycles. The van der Waals surface area contributed by atoms with Gasteiger partial charge in [-0.25, -0.2) is 8.42 Å². The van der Waals surface area contributed by atoms with E-state index in [0.29, 0.717) is 15.5 Å². The summed E-state index contributed by atoms with van der Waals surface area (Å²) in [6.45, 7) is 2.02. The number of aryl methyl sites for hydroxylation is 1. The number of furan rings is 1. The van der Waals surface area contributed by atoms with E-state index in [1.165, 1.54) is 6.26 Å². The summed E-state index contributed by atoms with van der Waals surface area (Å²) >= 11 is 6.30. The molecular weight excluding hydrogens is 320 g/mol. The summed E-state index contributed by atoms with van der Waals surface area (Å²) in [7, 11) is -3.19. The lowest BCUT2D eigenvalue weighted by Crippen LogP contribution is -1.96. The number of hydrogen-bond donors (Lipinski definition) is 0. The van der Waals surface area contributed by atoms with Gasteiger partial charge >= 0.3 is 0 Å². The first-order valence-electron chi connectivity index (χ1n) is 6.91. The van der Waals surface area contributed by atoms with Crippen LogP contribution in [0.4, 0.5) is 0 Å². The molecule has 0 aliphatic carbocycles. The molecule has 5 heteroatoms. The Balaban J connectivity index is 2.10. The van der Waals surface area contributed by atoms with Crippen LogP contribution in [-0.4, -0.2) is 14.7 Å². The van der Waals surface area contributed by atoms with Gasteiger partial charge in [0.05, 0.1) is 9.92 Å². The van der Waals surface area contributed by atoms with Gasteiger partial charge in [0.15, 0.2) is 15.4 Å². The molecule has 0 amide bonds. The van der Waals surface area contributed by atoms with E-state index in [1.54, 1.807) is 24.3 Å². The Labute approximate surface area is 134 Å². The zero-order valence-electron chi connectivity index (χ0n) is 12.3. The Kier molecular flexibility index (Phi) is 3.75. The second-order valence-electron chi connectivity index (χ2n) is 5.24. The molecule has 0 aliphatic heterocycles. The molecule has 0 fully saturated rings. The van der Waals surface area contributed by atoms with Crippen molar-refractivity contribution in [3.63, 3.8) is 0 Å². The second-order valence-corrected chi connectivity index (χ2v) is 7.66. The van der Waals surface area contributed by atoms with Crippen LogP contribution >= 0.6 is 11.6 Å². The van der Waals surface area contributed by atoms with E-state index in [1.807, 2.05) is 25.1 Å². The third-order valence-electron chi connectivity index (χ3n) is 3.59. The first kappa shape index (κ1) is 15.1. The molecule has 114 valence electrons. The Morgan fingerprint density at radius 3 is 2.32 bits per heavy atom. The van der Waals surface area contributed by atoms with Gasteiger partial charge in [0.25, 0.3) is 0 Å². The van der Waals surface area contributed by atoms with Crippen molar-refractivity contribution in [1.82, 2.24) is 0 Å². The molecule has 0 spiro atoms. The Bertz CT molecular complexity index is 938. The van der Waals surface area contributed by atoms with Crippen molar-refractivity contribution >= 4 is 32.4 Å². The van der Waals surface area contributed by atoms with Gasteiger partial charge in [-0.05, 0) is 41.5 Å². The van der Waals surface area contributed by atoms with Crippen LogP contribution in [-0.2, 0) is 16.3 Å². The van der Waals surface area contributed by atoms with E-state index < -0.39 is 9.84 Å². The summed E-state index contributed by atoms with van der Waals surface area (Å²) in [5.41, 5.74) is 2.53. The monoisotopic (exact) mass is 334 g/mol. The van der Waals surface area contributed by atoms with Crippen LogP contribution in [0.2, 0.25) is 5.02 Å². The fraction of sp³-hybridized carbons (Fsp3) is 0.176. The van der Waals surface area contributed by atoms with Gasteiger partial charge in [0.2, 0.25) is 0 Å². The third kappa shape index (κ3) is 2.76. The highest BCUT2D eigenvalue weighted by molar-refractivity contribution is 7.90. The molecule has 0 radical (unpaired) electrons. The summed E-state index contributed by atoms with van der Waals surface area (Å²) in [6, 6.07) is 12.6. The molecule has 0 unspecified atom stereocenters. The van der Waals surface area contributed by atoms with Crippen molar-refractivity contribution in [2.75, 3.05) is 6.26 Å². The quantitative estimate of drug-likeness (QED) is 0.696. The second kappa shape index (κ2) is 5.45. The number of hydrogen-bond acceptors (Lipinski definition) is 3. The molecule has 0 N–H and O–H groups in total. The minimum Gasteiger partial charge on any atom is -0.460 e. The van der Waals surface area contributed by atoms with Gasteiger partial charge in [-0.1, -0.05) is 30.7 Å². The van der Waals surface area contributed by atoms with Crippen LogP contribution in [0.3, 0.4) is 0 Å². The number of rotatable bonds is 3. The summed E-state index contributed by atoms with van der Waals surface area (Å²) in [5.74, 6) is 0.890. The smallest absolute Gasteiger partial charge is 0.175 e. The van der Waals surface area contributed by atoms with E-state index in [9.17, 15) is 8.42 Å². The van der Waals surface area contributed by atoms with Crippen LogP contribution in [0, 0.1) is 0 Å². The summed E-state index contributed by atoms with van der Waals surface area (Å²) in [6.07, 6.45) is 2.01. The van der Waals surface area contributed by atoms with E-state index in [0.717, 1.165) is 28.7 Å². The summed E-state index contributed by atoms with van der Waals surface area (Å²) in [4.78, 5) is 0.306. The van der Waals surface area contributed by atoms with E-state index in [2.05, 4.69) is 0 Å². The van der Waals surface area contributed by atoms with Gasteiger partial charge in [-0.15, -0.1) is 0 Å². The van der Waals surface area contributed by atoms with E-state index in [4.69, 9.17) is 16.0 Å². The third-order valence-corrected chi connectivity index (χ3v) is 5.00. The van der Waals surface area contributed by atoms with Crippen molar-refractivity contribution in [1.29, 1.82) is 0 Å². The summed E-state index contributed by atoms with van der Waals surface area (Å²) in [5, 5.41) is 1.51. The zero-order chi connectivity index (χ0) is 15.9. The van der Waals surface area contributed by atoms with Gasteiger partial charge in [0.1, 0.15) is 5.76 Å². The molecule has 0 saturated carbocycles. The minimum atomic E-state index is -3.19. The standard InChI is InChI=1S/C17H15ClO3S/c1-3-14-9-13-8-12(10-16(18)17(13)21-14)11-4-6-15(7-5-11)22(2,19)20/h4-10H,3H2,1-2H3. The predicted molar refractivity (Wildman–Crippen MR) is 89.1 cm³/mol. The number of halogens is 1. The maximum Gasteiger partial charge on any atom is 0.175 e. The predicted octanol–water partition coefficient (Wildman–Crippen LogP) is 4.72. The normalized spacial score (nSPS) is 12.0. The highest BCUT2D eigenvalue weighted by Gasteiger charge is 2.11. The van der Waals surface area contributed by atoms with Crippen molar-refractivity contribution in [3.8, 4) is 11.1 Å². The van der Waals surface area contributed by atoms with Crippen molar-refractivity contribution in [3.05, 3.63) is 53.2 Å². The van der Waals surface area contributed by atoms with Crippen molar-refractivity contribution in [2.24, 2.45) is 0 Å². The maximum atomic E-state index is 11.5. The summed E-state index contributed by atoms with van der Waals surface area (Å²) < 4.78 is 28.7. The number of sulfone groups is 1. The first-order chi connectivity index (χ1) is 10.4. The SMILES string of the molecule is CCc1cc2cc(-c3ccc(S(C)(=O)=O)cc3)cc(Cl)c2o1. The highest BCUT2D eigenvalue weighted by Crippen LogP contribution is 2.33. The number of fused-ring (bicyclic) bond motifs is 1. The molecule has 0 aliphatic rings. The van der Waals surface area contributed by atoms with Crippen molar-refractivity contribution in [2.45, 2.75) is 18.2 Å². The molecule has 22 heavy (non-hydrogen) atoms. The first-order valence-corrected chi connectivity index (χ1v) is 9.18. The van der Waals surface area contributed by atoms with Crippen LogP contribution in [0.15, 0.2) is 51.8 Å². The molecule has 2 aromatic carbocycles. The molecule has 0 bridgehead atoms. The van der Waals surface area contributed by atoms with E-state index in [-0.39, 0.29) is 0 Å². The van der Waals surface area contributed by atoms with Crippen LogP contribution in [0.5, 0.6) is 0 Å². The topological polar surface area (TPSA) is 47.3 Å². The minimum absolute atomic E-state index is 0.306. The fourth-order valence-electron chi connectivity index (χ4n) is 2.40. The lowest BCUT2D eigenvalue weighted by atomic mass is 10.0. The fourth-order valence-corrected chi connectivity index (χ4v) is 3.29. The van der Waals surface area contributed by atoms with Crippen molar-refractivity contribution < 1.29 is 12.8 Å². The molecular formula is C17H15ClO3S. The zero-order valence-corrected chi connectivity index (χ0v) is 13.8. The Morgan fingerprint density at radius 1 is 1.05 bits per heavy atom. The Morgan fingerprint density at radius 2 is 1.73 bits per heavy atom. The Hall–Kier alpha value is -1.78. The average molecular weight is 335 g/mol. The van der Waals surface area contributed by atoms with Crippen LogP contribution in [0.25, 0.3) is 22.1 Å². The molecule has 0 saturated heterocycles. The molecule has 1 heterocycles. The average Bonchev–Trinajstić information content (AvgIpc) is 2.90. The van der Waals surface area contributed by atoms with Crippen LogP contribution < -0.4 is 0 Å². The van der Waals surface area contributed by atoms with Gasteiger partial charge in [-0.3, -0.25) is 0 Å². The maximum absolute atomic E-state index is 11.5. The highest BCUT2D eigenvalue weighted by atomic mass is 35.5. The molecule has 3 nitrogen and oxygen atoms in total. The molecule has 3 aromatic rings. The number of benzene rings is 2. The lowest BCUT2D eigenvalue weighted by molar-refractivity contribution is 0.557.